The molecule has 0 N–H and O–H groups in total. The van der Waals surface area contributed by atoms with E-state index in [0.717, 1.165) is 11.3 Å². The van der Waals surface area contributed by atoms with Crippen molar-refractivity contribution in [1.29, 1.82) is 0 Å². The molecule has 0 saturated carbocycles. The first-order valence-electron chi connectivity index (χ1n) is 7.29. The number of fused-ring (bicyclic) bond motifs is 1. The van der Waals surface area contributed by atoms with E-state index in [1.54, 1.807) is 42.3 Å². The Labute approximate surface area is 156 Å². The highest BCUT2D eigenvalue weighted by Crippen LogP contribution is 2.28. The summed E-state index contributed by atoms with van der Waals surface area (Å²) in [7, 11) is -0.477. The number of benzene rings is 2. The third-order valence-electron chi connectivity index (χ3n) is 3.48. The third kappa shape index (κ3) is 4.94. The minimum atomic E-state index is -4.27. The monoisotopic (exact) mass is 397 g/mol. The summed E-state index contributed by atoms with van der Waals surface area (Å²) in [5.74, 6) is 0.923. The van der Waals surface area contributed by atoms with Crippen LogP contribution in [0.4, 0.5) is 0 Å². The quantitative estimate of drug-likeness (QED) is 0.385. The zero-order chi connectivity index (χ0) is 18.6. The Bertz CT molecular complexity index is 963. The van der Waals surface area contributed by atoms with Gasteiger partial charge in [-0.05, 0) is 43.1 Å². The molecule has 0 aliphatic heterocycles. The van der Waals surface area contributed by atoms with Gasteiger partial charge in [-0.3, -0.25) is 0 Å². The molecule has 0 bridgehead atoms. The fraction of sp³-hybridized carbons (Fsp3) is 0.235. The van der Waals surface area contributed by atoms with Crippen molar-refractivity contribution in [2.75, 3.05) is 13.4 Å². The first kappa shape index (κ1) is 19.7. The summed E-state index contributed by atoms with van der Waals surface area (Å²) in [4.78, 5) is -0.178. The molecular weight excluding hydrogens is 378 g/mol. The summed E-state index contributed by atoms with van der Waals surface area (Å²) in [6.07, 6.45) is 2.10. The Morgan fingerprint density at radius 1 is 1.16 bits per heavy atom. The highest BCUT2D eigenvalue weighted by Gasteiger charge is 2.15. The van der Waals surface area contributed by atoms with E-state index in [0.29, 0.717) is 0 Å². The maximum absolute atomic E-state index is 10.4. The predicted molar refractivity (Wildman–Crippen MR) is 100 cm³/mol. The molecule has 5 nitrogen and oxygen atoms in total. The van der Waals surface area contributed by atoms with Crippen molar-refractivity contribution in [3.63, 3.8) is 0 Å². The van der Waals surface area contributed by atoms with Gasteiger partial charge in [-0.25, -0.2) is 8.42 Å². The van der Waals surface area contributed by atoms with Crippen molar-refractivity contribution in [2.45, 2.75) is 16.2 Å². The molecule has 0 aliphatic rings. The molecule has 0 atom stereocenters. The molecule has 1 aromatic heterocycles. The first-order valence-corrected chi connectivity index (χ1v) is 10.7. The second-order valence-electron chi connectivity index (χ2n) is 5.23. The Balaban J connectivity index is 0.000000186. The summed E-state index contributed by atoms with van der Waals surface area (Å²) in [6, 6.07) is 12.0. The van der Waals surface area contributed by atoms with Crippen molar-refractivity contribution in [3.8, 4) is 5.75 Å². The van der Waals surface area contributed by atoms with Crippen LogP contribution < -0.4 is 9.30 Å². The van der Waals surface area contributed by atoms with Crippen LogP contribution >= 0.6 is 23.1 Å². The molecule has 3 aromatic rings. The summed E-state index contributed by atoms with van der Waals surface area (Å²) >= 11 is 3.57. The molecule has 1 heterocycles. The lowest BCUT2D eigenvalue weighted by Gasteiger charge is -2.05. The van der Waals surface area contributed by atoms with Gasteiger partial charge in [0, 0.05) is 12.1 Å². The molecule has 0 saturated heterocycles. The molecule has 0 amide bonds. The Morgan fingerprint density at radius 3 is 2.32 bits per heavy atom. The van der Waals surface area contributed by atoms with Crippen LogP contribution in [0.1, 0.15) is 5.56 Å². The second-order valence-corrected chi connectivity index (χ2v) is 8.70. The number of rotatable bonds is 3. The highest BCUT2D eigenvalue weighted by atomic mass is 32.2. The summed E-state index contributed by atoms with van der Waals surface area (Å²) < 4.78 is 41.2. The van der Waals surface area contributed by atoms with Gasteiger partial charge in [-0.2, -0.15) is 4.57 Å². The molecule has 0 spiro atoms. The van der Waals surface area contributed by atoms with E-state index in [-0.39, 0.29) is 4.90 Å². The summed E-state index contributed by atoms with van der Waals surface area (Å²) in [5, 5.41) is 0. The van der Waals surface area contributed by atoms with Crippen LogP contribution in [-0.4, -0.2) is 26.3 Å². The molecule has 0 aliphatic carbocycles. The Morgan fingerprint density at radius 2 is 1.80 bits per heavy atom. The molecule has 25 heavy (non-hydrogen) atoms. The first-order chi connectivity index (χ1) is 11.8. The average Bonchev–Trinajstić information content (AvgIpc) is 2.90. The fourth-order valence-corrected chi connectivity index (χ4v) is 4.48. The van der Waals surface area contributed by atoms with Gasteiger partial charge in [0.15, 0.2) is 0 Å². The van der Waals surface area contributed by atoms with E-state index in [1.165, 1.54) is 26.7 Å². The smallest absolute Gasteiger partial charge is 0.297 e. The predicted octanol–water partition coefficient (Wildman–Crippen LogP) is 3.36. The molecule has 3 rings (SSSR count). The number of hydrogen-bond acceptors (Lipinski definition) is 6. The molecule has 134 valence electrons. The average molecular weight is 398 g/mol. The number of aromatic nitrogens is 1. The minimum absolute atomic E-state index is 0.178. The minimum Gasteiger partial charge on any atom is -0.744 e. The SMILES string of the molecule is COc1ccc2c(c1)sc(SC)[n+]2C.Cc1ccc(S(=O)(=O)[O-])cc1. The fourth-order valence-electron chi connectivity index (χ4n) is 2.12. The standard InChI is InChI=1S/C10H12NOS2.C7H8O3S/c1-11-8-5-4-7(12-2)6-9(8)14-10(11)13-3;1-6-2-4-7(5-3-6)11(8,9)10/h4-6H,1-3H3;2-5H,1H3,(H,8,9,10)/q+1;/p-1. The lowest BCUT2D eigenvalue weighted by atomic mass is 10.2. The molecular formula is C17H19NO4S3. The van der Waals surface area contributed by atoms with Crippen molar-refractivity contribution in [1.82, 2.24) is 0 Å². The van der Waals surface area contributed by atoms with Crippen molar-refractivity contribution in [3.05, 3.63) is 48.0 Å². The van der Waals surface area contributed by atoms with Crippen molar-refractivity contribution in [2.24, 2.45) is 7.05 Å². The van der Waals surface area contributed by atoms with Gasteiger partial charge >= 0.3 is 0 Å². The molecule has 0 fully saturated rings. The number of ether oxygens (including phenoxy) is 1. The van der Waals surface area contributed by atoms with Gasteiger partial charge < -0.3 is 9.29 Å². The number of thiazole rings is 1. The number of methoxy groups -OCH3 is 1. The Hall–Kier alpha value is -1.61. The van der Waals surface area contributed by atoms with Crippen molar-refractivity contribution >= 4 is 43.4 Å². The van der Waals surface area contributed by atoms with Gasteiger partial charge in [-0.1, -0.05) is 29.0 Å². The topological polar surface area (TPSA) is 70.3 Å². The van der Waals surface area contributed by atoms with Gasteiger partial charge in [0.25, 0.3) is 4.34 Å². The summed E-state index contributed by atoms with van der Waals surface area (Å²) in [6.45, 7) is 1.82. The maximum atomic E-state index is 10.4. The van der Waals surface area contributed by atoms with E-state index in [1.807, 2.05) is 13.0 Å². The highest BCUT2D eigenvalue weighted by molar-refractivity contribution is 8.00. The maximum Gasteiger partial charge on any atom is 0.297 e. The van der Waals surface area contributed by atoms with Crippen LogP contribution in [0.5, 0.6) is 5.75 Å². The van der Waals surface area contributed by atoms with E-state index < -0.39 is 10.1 Å². The lowest BCUT2D eigenvalue weighted by molar-refractivity contribution is -0.676. The van der Waals surface area contributed by atoms with Crippen LogP contribution in [-0.2, 0) is 17.2 Å². The third-order valence-corrected chi connectivity index (χ3v) is 6.70. The van der Waals surface area contributed by atoms with Crippen LogP contribution in [0.2, 0.25) is 0 Å². The van der Waals surface area contributed by atoms with Crippen LogP contribution in [0.25, 0.3) is 10.2 Å². The van der Waals surface area contributed by atoms with Crippen LogP contribution in [0.3, 0.4) is 0 Å². The van der Waals surface area contributed by atoms with E-state index in [9.17, 15) is 13.0 Å². The number of hydrogen-bond donors (Lipinski definition) is 0. The largest absolute Gasteiger partial charge is 0.744 e. The van der Waals surface area contributed by atoms with Crippen LogP contribution in [0.15, 0.2) is 51.7 Å². The summed E-state index contributed by atoms with van der Waals surface area (Å²) in [5.41, 5.74) is 2.19. The molecule has 0 radical (unpaired) electrons. The van der Waals surface area contributed by atoms with E-state index in [4.69, 9.17) is 4.74 Å². The normalized spacial score (nSPS) is 11.1. The van der Waals surface area contributed by atoms with E-state index >= 15 is 0 Å². The number of nitrogens with zero attached hydrogens (tertiary/aromatic N) is 1. The molecule has 8 heteroatoms. The van der Waals surface area contributed by atoms with Gasteiger partial charge in [0.05, 0.1) is 12.0 Å². The van der Waals surface area contributed by atoms with Crippen molar-refractivity contribution < 1.29 is 22.3 Å². The van der Waals surface area contributed by atoms with Gasteiger partial charge in [0.2, 0.25) is 5.52 Å². The number of thioether (sulfide) groups is 1. The van der Waals surface area contributed by atoms with E-state index in [2.05, 4.69) is 30.0 Å². The molecule has 2 aromatic carbocycles. The zero-order valence-corrected chi connectivity index (χ0v) is 16.8. The van der Waals surface area contributed by atoms with Gasteiger partial charge in [-0.15, -0.1) is 0 Å². The number of aryl methyl sites for hydroxylation is 2. The van der Waals surface area contributed by atoms with Crippen LogP contribution in [0, 0.1) is 6.92 Å². The van der Waals surface area contributed by atoms with Gasteiger partial charge in [0.1, 0.15) is 27.6 Å². The second kappa shape index (κ2) is 8.18. The Kier molecular flexibility index (Phi) is 6.45. The lowest BCUT2D eigenvalue weighted by Crippen LogP contribution is -2.27. The molecule has 0 unspecified atom stereocenters. The zero-order valence-electron chi connectivity index (χ0n) is 14.3.